The Labute approximate surface area is 170 Å². The molecule has 0 amide bonds. The minimum Gasteiger partial charge on any atom is -0.385 e. The van der Waals surface area contributed by atoms with Crippen molar-refractivity contribution in [2.45, 2.75) is 57.6 Å². The van der Waals surface area contributed by atoms with Crippen molar-refractivity contribution in [3.63, 3.8) is 0 Å². The van der Waals surface area contributed by atoms with Gasteiger partial charge in [0.1, 0.15) is 0 Å². The van der Waals surface area contributed by atoms with E-state index in [4.69, 9.17) is 4.74 Å². The first-order valence-corrected chi connectivity index (χ1v) is 10.8. The van der Waals surface area contributed by atoms with Crippen LogP contribution < -0.4 is 10.6 Å². The van der Waals surface area contributed by atoms with Gasteiger partial charge in [0.2, 0.25) is 0 Å². The fraction of sp³-hybridized carbons (Fsp3) is 0.941. The zero-order chi connectivity index (χ0) is 18.3. The molecule has 6 nitrogen and oxygen atoms in total. The molecule has 0 unspecified atom stereocenters. The Hall–Kier alpha value is -0.0900. The summed E-state index contributed by atoms with van der Waals surface area (Å²) >= 11 is 0. The van der Waals surface area contributed by atoms with Crippen molar-refractivity contribution in [2.75, 3.05) is 39.6 Å². The lowest BCUT2D eigenvalue weighted by atomic mass is 9.83. The first kappa shape index (κ1) is 24.9. The topological polar surface area (TPSA) is 79.8 Å². The molecule has 2 N–H and O–H groups in total. The third kappa shape index (κ3) is 7.99. The highest BCUT2D eigenvalue weighted by molar-refractivity contribution is 14.0. The maximum absolute atomic E-state index is 11.8. The summed E-state index contributed by atoms with van der Waals surface area (Å²) in [7, 11) is -1.40. The van der Waals surface area contributed by atoms with Gasteiger partial charge < -0.3 is 15.4 Å². The molecule has 1 aliphatic carbocycles. The second-order valence-corrected chi connectivity index (χ2v) is 10.2. The second-order valence-electron chi connectivity index (χ2n) is 7.53. The third-order valence-electron chi connectivity index (χ3n) is 5.10. The van der Waals surface area contributed by atoms with Gasteiger partial charge in [0, 0.05) is 33.1 Å². The van der Waals surface area contributed by atoms with Gasteiger partial charge in [0.25, 0.3) is 0 Å². The molecule has 0 radical (unpaired) electrons. The van der Waals surface area contributed by atoms with Gasteiger partial charge in [0.05, 0.1) is 11.3 Å². The lowest BCUT2D eigenvalue weighted by Crippen LogP contribution is -2.44. The van der Waals surface area contributed by atoms with Crippen LogP contribution in [0.15, 0.2) is 4.99 Å². The summed E-state index contributed by atoms with van der Waals surface area (Å²) in [5, 5.41) is 6.64. The van der Waals surface area contributed by atoms with E-state index in [0.717, 1.165) is 26.1 Å². The monoisotopic (exact) mass is 489 g/mol. The second kappa shape index (κ2) is 10.9. The van der Waals surface area contributed by atoms with Crippen molar-refractivity contribution in [1.29, 1.82) is 0 Å². The van der Waals surface area contributed by atoms with Crippen LogP contribution in [0.5, 0.6) is 0 Å². The number of aliphatic imine (C=N–C) groups is 1. The normalized spacial score (nSPS) is 17.9. The molecule has 0 heterocycles. The molecule has 0 saturated heterocycles. The van der Waals surface area contributed by atoms with Crippen molar-refractivity contribution in [3.05, 3.63) is 0 Å². The van der Waals surface area contributed by atoms with Crippen LogP contribution in [-0.2, 0) is 14.6 Å². The van der Waals surface area contributed by atoms with Crippen LogP contribution in [-0.4, -0.2) is 58.7 Å². The average Bonchev–Trinajstić information content (AvgIpc) is 2.96. The van der Waals surface area contributed by atoms with E-state index >= 15 is 0 Å². The predicted molar refractivity (Wildman–Crippen MR) is 116 cm³/mol. The zero-order valence-electron chi connectivity index (χ0n) is 16.4. The fourth-order valence-corrected chi connectivity index (χ4v) is 3.26. The van der Waals surface area contributed by atoms with Gasteiger partial charge in [-0.1, -0.05) is 12.8 Å². The molecule has 1 rings (SSSR count). The number of rotatable bonds is 9. The van der Waals surface area contributed by atoms with Gasteiger partial charge in [-0.25, -0.2) is 8.42 Å². The van der Waals surface area contributed by atoms with Gasteiger partial charge in [-0.15, -0.1) is 24.0 Å². The van der Waals surface area contributed by atoms with Crippen LogP contribution in [0.3, 0.4) is 0 Å². The quantitative estimate of drug-likeness (QED) is 0.296. The Morgan fingerprint density at radius 3 is 2.32 bits per heavy atom. The van der Waals surface area contributed by atoms with Crippen molar-refractivity contribution in [2.24, 2.45) is 10.4 Å². The molecule has 150 valence electrons. The van der Waals surface area contributed by atoms with Crippen LogP contribution in [0.2, 0.25) is 0 Å². The standard InChI is InChI=1S/C17H35N3O3S.HI/c1-6-18-15(19-13-16(2,3)24(5,21)22)20-14-17(11-12-23-4)9-7-8-10-17;/h6-14H2,1-5H3,(H2,18,19,20);1H. The number of nitrogens with one attached hydrogen (secondary N) is 2. The molecule has 0 aromatic heterocycles. The molecule has 8 heteroatoms. The summed E-state index contributed by atoms with van der Waals surface area (Å²) in [5.74, 6) is 0.693. The summed E-state index contributed by atoms with van der Waals surface area (Å²) in [6, 6.07) is 0. The maximum atomic E-state index is 11.8. The highest BCUT2D eigenvalue weighted by atomic mass is 127. The van der Waals surface area contributed by atoms with Crippen LogP contribution in [0.4, 0.5) is 0 Å². The first-order chi connectivity index (χ1) is 11.2. The minimum absolute atomic E-state index is 0. The Morgan fingerprint density at radius 2 is 1.84 bits per heavy atom. The lowest BCUT2D eigenvalue weighted by molar-refractivity contribution is 0.138. The van der Waals surface area contributed by atoms with Gasteiger partial charge in [-0.05, 0) is 45.4 Å². The molecular formula is C17H36IN3O3S. The Balaban J connectivity index is 0.00000576. The Morgan fingerprint density at radius 1 is 1.24 bits per heavy atom. The summed E-state index contributed by atoms with van der Waals surface area (Å²) in [4.78, 5) is 4.51. The highest BCUT2D eigenvalue weighted by Crippen LogP contribution is 2.40. The van der Waals surface area contributed by atoms with E-state index in [1.54, 1.807) is 21.0 Å². The van der Waals surface area contributed by atoms with Crippen LogP contribution in [0, 0.1) is 5.41 Å². The number of hydrogen-bond donors (Lipinski definition) is 2. The van der Waals surface area contributed by atoms with Gasteiger partial charge >= 0.3 is 0 Å². The average molecular weight is 489 g/mol. The Bertz CT molecular complexity index is 515. The van der Waals surface area contributed by atoms with Crippen molar-refractivity contribution >= 4 is 39.8 Å². The van der Waals surface area contributed by atoms with Crippen LogP contribution in [0.1, 0.15) is 52.9 Å². The Kier molecular flexibility index (Phi) is 10.9. The number of guanidine groups is 1. The van der Waals surface area contributed by atoms with E-state index in [1.807, 2.05) is 6.92 Å². The third-order valence-corrected chi connectivity index (χ3v) is 7.23. The summed E-state index contributed by atoms with van der Waals surface area (Å²) in [6.45, 7) is 8.05. The van der Waals surface area contributed by atoms with Gasteiger partial charge in [-0.3, -0.25) is 4.99 Å². The molecule has 25 heavy (non-hydrogen) atoms. The molecule has 0 atom stereocenters. The summed E-state index contributed by atoms with van der Waals surface area (Å²) in [5.41, 5.74) is 0.262. The largest absolute Gasteiger partial charge is 0.385 e. The number of nitrogens with zero attached hydrogens (tertiary/aromatic N) is 1. The zero-order valence-corrected chi connectivity index (χ0v) is 19.5. The number of hydrogen-bond acceptors (Lipinski definition) is 4. The highest BCUT2D eigenvalue weighted by Gasteiger charge is 2.34. The molecule has 0 spiro atoms. The van der Waals surface area contributed by atoms with Gasteiger partial charge in [0.15, 0.2) is 15.8 Å². The van der Waals surface area contributed by atoms with E-state index in [9.17, 15) is 8.42 Å². The minimum atomic E-state index is -3.15. The molecule has 0 aromatic carbocycles. The van der Waals surface area contributed by atoms with E-state index < -0.39 is 14.6 Å². The molecule has 0 bridgehead atoms. The molecule has 1 fully saturated rings. The van der Waals surface area contributed by atoms with E-state index in [-0.39, 0.29) is 35.9 Å². The number of ether oxygens (including phenoxy) is 1. The summed E-state index contributed by atoms with van der Waals surface area (Å²) < 4.78 is 28.1. The number of methoxy groups -OCH3 is 1. The van der Waals surface area contributed by atoms with Gasteiger partial charge in [-0.2, -0.15) is 0 Å². The lowest BCUT2D eigenvalue weighted by Gasteiger charge is -2.30. The van der Waals surface area contributed by atoms with Crippen LogP contribution in [0.25, 0.3) is 0 Å². The maximum Gasteiger partial charge on any atom is 0.191 e. The van der Waals surface area contributed by atoms with Crippen molar-refractivity contribution in [3.8, 4) is 0 Å². The molecule has 0 aromatic rings. The van der Waals surface area contributed by atoms with E-state index in [2.05, 4.69) is 15.6 Å². The van der Waals surface area contributed by atoms with E-state index in [1.165, 1.54) is 31.9 Å². The molecule has 1 saturated carbocycles. The SMILES string of the molecule is CCNC(=NCC(C)(C)S(C)(=O)=O)NCC1(CCOC)CCCC1.I. The molecule has 1 aliphatic rings. The van der Waals surface area contributed by atoms with Crippen LogP contribution >= 0.6 is 24.0 Å². The fourth-order valence-electron chi connectivity index (χ4n) is 2.96. The molecular weight excluding hydrogens is 453 g/mol. The summed E-state index contributed by atoms with van der Waals surface area (Å²) in [6.07, 6.45) is 7.25. The number of halogens is 1. The predicted octanol–water partition coefficient (Wildman–Crippen LogP) is 2.58. The van der Waals surface area contributed by atoms with E-state index in [0.29, 0.717) is 5.96 Å². The smallest absolute Gasteiger partial charge is 0.191 e. The number of sulfone groups is 1. The first-order valence-electron chi connectivity index (χ1n) is 8.86. The van der Waals surface area contributed by atoms with Crippen molar-refractivity contribution < 1.29 is 13.2 Å². The molecule has 0 aliphatic heterocycles. The van der Waals surface area contributed by atoms with Crippen molar-refractivity contribution in [1.82, 2.24) is 10.6 Å².